The molecule has 0 aromatic carbocycles. The van der Waals surface area contributed by atoms with Crippen molar-refractivity contribution < 1.29 is 5.11 Å². The average Bonchev–Trinajstić information content (AvgIpc) is 2.21. The second kappa shape index (κ2) is 4.57. The van der Waals surface area contributed by atoms with Crippen molar-refractivity contribution in [3.8, 4) is 5.88 Å². The molecule has 0 saturated carbocycles. The van der Waals surface area contributed by atoms with E-state index in [1.165, 1.54) is 11.5 Å². The highest BCUT2D eigenvalue weighted by Crippen LogP contribution is 2.13. The molecule has 0 saturated heterocycles. The summed E-state index contributed by atoms with van der Waals surface area (Å²) in [5, 5.41) is 9.83. The van der Waals surface area contributed by atoms with Gasteiger partial charge in [0.1, 0.15) is 0 Å². The lowest BCUT2D eigenvalue weighted by molar-refractivity contribution is 0.395. The average molecular weight is 230 g/mol. The molecule has 1 atom stereocenters. The Bertz CT molecular complexity index is 463. The molecule has 2 N–H and O–H groups in total. The number of rotatable bonds is 3. The van der Waals surface area contributed by atoms with E-state index in [0.717, 1.165) is 0 Å². The molecule has 0 aliphatic carbocycles. The van der Waals surface area contributed by atoms with E-state index < -0.39 is 11.2 Å². The lowest BCUT2D eigenvalue weighted by atomic mass is 10.3. The molecule has 5 nitrogen and oxygen atoms in total. The van der Waals surface area contributed by atoms with Crippen LogP contribution in [0.4, 0.5) is 0 Å². The molecule has 0 radical (unpaired) electrons. The van der Waals surface area contributed by atoms with Gasteiger partial charge in [-0.1, -0.05) is 6.92 Å². The van der Waals surface area contributed by atoms with E-state index in [2.05, 4.69) is 4.98 Å². The zero-order chi connectivity index (χ0) is 11.6. The van der Waals surface area contributed by atoms with Crippen molar-refractivity contribution in [3.05, 3.63) is 26.4 Å². The number of H-pyrrole nitrogens is 1. The van der Waals surface area contributed by atoms with Crippen molar-refractivity contribution in [2.45, 2.75) is 25.6 Å². The zero-order valence-electron chi connectivity index (χ0n) is 8.90. The maximum atomic E-state index is 11.4. The standard InChI is InChI=1S/C9H14N2O3S/c1-5(15-3)4-11-8(13)6(2)7(12)10-9(11)14/h5,13H,4H2,1-3H3,(H,10,12,14). The summed E-state index contributed by atoms with van der Waals surface area (Å²) in [5.74, 6) is -0.246. The van der Waals surface area contributed by atoms with Gasteiger partial charge in [0.2, 0.25) is 5.88 Å². The molecule has 6 heteroatoms. The lowest BCUT2D eigenvalue weighted by Gasteiger charge is -2.12. The maximum absolute atomic E-state index is 11.4. The Morgan fingerprint density at radius 3 is 2.67 bits per heavy atom. The fourth-order valence-electron chi connectivity index (χ4n) is 1.16. The highest BCUT2D eigenvalue weighted by Gasteiger charge is 2.12. The van der Waals surface area contributed by atoms with Crippen LogP contribution < -0.4 is 11.2 Å². The first-order valence-corrected chi connectivity index (χ1v) is 5.81. The van der Waals surface area contributed by atoms with Crippen molar-refractivity contribution in [1.82, 2.24) is 9.55 Å². The van der Waals surface area contributed by atoms with Gasteiger partial charge in [0.05, 0.1) is 5.56 Å². The van der Waals surface area contributed by atoms with Gasteiger partial charge in [0.25, 0.3) is 5.56 Å². The van der Waals surface area contributed by atoms with E-state index in [1.54, 1.807) is 11.8 Å². The first-order valence-electron chi connectivity index (χ1n) is 4.52. The number of aromatic nitrogens is 2. The molecule has 1 rings (SSSR count). The number of hydrogen-bond donors (Lipinski definition) is 2. The third-order valence-corrected chi connectivity index (χ3v) is 3.19. The molecule has 84 valence electrons. The SMILES string of the molecule is CSC(C)Cn1c(O)c(C)c(=O)[nH]c1=O. The number of aromatic hydroxyl groups is 1. The third kappa shape index (κ3) is 2.44. The van der Waals surface area contributed by atoms with Gasteiger partial charge >= 0.3 is 5.69 Å². The molecule has 0 bridgehead atoms. The van der Waals surface area contributed by atoms with E-state index >= 15 is 0 Å². The smallest absolute Gasteiger partial charge is 0.331 e. The van der Waals surface area contributed by atoms with Crippen molar-refractivity contribution >= 4 is 11.8 Å². The van der Waals surface area contributed by atoms with Gasteiger partial charge in [-0.05, 0) is 13.2 Å². The van der Waals surface area contributed by atoms with E-state index in [4.69, 9.17) is 0 Å². The number of aromatic amines is 1. The highest BCUT2D eigenvalue weighted by molar-refractivity contribution is 7.99. The molecule has 0 amide bonds. The highest BCUT2D eigenvalue weighted by atomic mass is 32.2. The van der Waals surface area contributed by atoms with Crippen LogP contribution in [0, 0.1) is 6.92 Å². The summed E-state index contributed by atoms with van der Waals surface area (Å²) in [5.41, 5.74) is -0.933. The minimum atomic E-state index is -0.566. The number of hydrogen-bond acceptors (Lipinski definition) is 4. The van der Waals surface area contributed by atoms with Crippen LogP contribution in [0.25, 0.3) is 0 Å². The van der Waals surface area contributed by atoms with Crippen LogP contribution in [0.1, 0.15) is 12.5 Å². The summed E-state index contributed by atoms with van der Waals surface area (Å²) in [7, 11) is 0. The van der Waals surface area contributed by atoms with E-state index in [1.807, 2.05) is 13.2 Å². The van der Waals surface area contributed by atoms with Gasteiger partial charge < -0.3 is 5.11 Å². The topological polar surface area (TPSA) is 75.1 Å². The molecule has 1 aromatic rings. The van der Waals surface area contributed by atoms with Crippen LogP contribution in [0.2, 0.25) is 0 Å². The fraction of sp³-hybridized carbons (Fsp3) is 0.556. The summed E-state index contributed by atoms with van der Waals surface area (Å²) in [6.07, 6.45) is 1.92. The number of nitrogens with one attached hydrogen (secondary N) is 1. The summed E-state index contributed by atoms with van der Waals surface area (Å²) < 4.78 is 1.18. The molecule has 0 aliphatic heterocycles. The Morgan fingerprint density at radius 2 is 2.13 bits per heavy atom. The molecule has 0 spiro atoms. The first kappa shape index (κ1) is 11.9. The van der Waals surface area contributed by atoms with Gasteiger partial charge in [0, 0.05) is 11.8 Å². The van der Waals surface area contributed by atoms with Gasteiger partial charge in [-0.3, -0.25) is 14.3 Å². The Labute approximate surface area is 91.1 Å². The van der Waals surface area contributed by atoms with Crippen molar-refractivity contribution in [1.29, 1.82) is 0 Å². The van der Waals surface area contributed by atoms with E-state index in [9.17, 15) is 14.7 Å². The molecular formula is C9H14N2O3S. The largest absolute Gasteiger partial charge is 0.494 e. The molecule has 1 unspecified atom stereocenters. The summed E-state index contributed by atoms with van der Waals surface area (Å²) in [4.78, 5) is 24.7. The Balaban J connectivity index is 3.24. The van der Waals surface area contributed by atoms with Crippen LogP contribution in [0.3, 0.4) is 0 Å². The molecule has 0 aliphatic rings. The van der Waals surface area contributed by atoms with E-state index in [-0.39, 0.29) is 16.7 Å². The van der Waals surface area contributed by atoms with Crippen LogP contribution in [0.15, 0.2) is 9.59 Å². The van der Waals surface area contributed by atoms with Crippen LogP contribution >= 0.6 is 11.8 Å². The first-order chi connectivity index (χ1) is 6.97. The van der Waals surface area contributed by atoms with Gasteiger partial charge in [-0.25, -0.2) is 4.79 Å². The Hall–Kier alpha value is -1.17. The van der Waals surface area contributed by atoms with Crippen molar-refractivity contribution in [2.75, 3.05) is 6.26 Å². The monoisotopic (exact) mass is 230 g/mol. The van der Waals surface area contributed by atoms with E-state index in [0.29, 0.717) is 6.54 Å². The normalized spacial score (nSPS) is 12.7. The minimum Gasteiger partial charge on any atom is -0.494 e. The van der Waals surface area contributed by atoms with Gasteiger partial charge in [-0.2, -0.15) is 11.8 Å². The number of thioether (sulfide) groups is 1. The summed E-state index contributed by atoms with van der Waals surface area (Å²) in [6.45, 7) is 3.80. The van der Waals surface area contributed by atoms with Gasteiger partial charge in [0.15, 0.2) is 0 Å². The molecule has 1 aromatic heterocycles. The predicted octanol–water partition coefficient (Wildman–Crippen LogP) is 0.302. The predicted molar refractivity (Wildman–Crippen MR) is 60.7 cm³/mol. The van der Waals surface area contributed by atoms with Crippen LogP contribution in [-0.4, -0.2) is 26.2 Å². The molecular weight excluding hydrogens is 216 g/mol. The van der Waals surface area contributed by atoms with Crippen LogP contribution in [0.5, 0.6) is 5.88 Å². The minimum absolute atomic E-state index is 0.169. The van der Waals surface area contributed by atoms with Crippen LogP contribution in [-0.2, 0) is 6.54 Å². The second-order valence-corrected chi connectivity index (χ2v) is 4.64. The van der Waals surface area contributed by atoms with Crippen molar-refractivity contribution in [3.63, 3.8) is 0 Å². The Kier molecular flexibility index (Phi) is 3.62. The summed E-state index contributed by atoms with van der Waals surface area (Å²) in [6, 6.07) is 0. The summed E-state index contributed by atoms with van der Waals surface area (Å²) >= 11 is 1.58. The molecule has 0 fully saturated rings. The fourth-order valence-corrected chi connectivity index (χ4v) is 1.46. The quantitative estimate of drug-likeness (QED) is 0.783. The van der Waals surface area contributed by atoms with Gasteiger partial charge in [-0.15, -0.1) is 0 Å². The van der Waals surface area contributed by atoms with Crippen molar-refractivity contribution in [2.24, 2.45) is 0 Å². The zero-order valence-corrected chi connectivity index (χ0v) is 9.72. The second-order valence-electron chi connectivity index (χ2n) is 3.36. The maximum Gasteiger partial charge on any atom is 0.331 e. The number of nitrogens with zero attached hydrogens (tertiary/aromatic N) is 1. The third-order valence-electron chi connectivity index (χ3n) is 2.24. The Morgan fingerprint density at radius 1 is 1.53 bits per heavy atom. The molecule has 1 heterocycles. The lowest BCUT2D eigenvalue weighted by Crippen LogP contribution is -2.33. The molecule has 15 heavy (non-hydrogen) atoms.